The molecule has 0 spiro atoms. The van der Waals surface area contributed by atoms with Gasteiger partial charge in [-0.25, -0.2) is 4.98 Å². The average molecular weight is 465 g/mol. The number of benzene rings is 2. The molecule has 1 fully saturated rings. The Bertz CT molecular complexity index is 1160. The summed E-state index contributed by atoms with van der Waals surface area (Å²) in [5, 5.41) is 3.70. The van der Waals surface area contributed by atoms with Gasteiger partial charge in [0, 0.05) is 17.8 Å². The molecular weight excluding hydrogens is 432 g/mol. The first-order valence-electron chi connectivity index (χ1n) is 11.6. The number of aromatic nitrogens is 2. The van der Waals surface area contributed by atoms with Gasteiger partial charge in [-0.2, -0.15) is 0 Å². The van der Waals surface area contributed by atoms with E-state index in [-0.39, 0.29) is 36.2 Å². The molecule has 1 saturated heterocycles. The molecule has 33 heavy (non-hydrogen) atoms. The summed E-state index contributed by atoms with van der Waals surface area (Å²) >= 11 is 1.37. The summed E-state index contributed by atoms with van der Waals surface area (Å²) in [6, 6.07) is 14.3. The lowest BCUT2D eigenvalue weighted by Gasteiger charge is -2.39. The molecule has 0 radical (unpaired) electrons. The number of anilines is 1. The largest absolute Gasteiger partial charge is 0.336 e. The van der Waals surface area contributed by atoms with E-state index in [0.29, 0.717) is 5.16 Å². The molecule has 3 aromatic rings. The highest BCUT2D eigenvalue weighted by Gasteiger charge is 2.29. The predicted octanol–water partition coefficient (Wildman–Crippen LogP) is 5.17. The number of carbonyl (C=O) groups excluding carboxylic acids is 2. The van der Waals surface area contributed by atoms with E-state index >= 15 is 0 Å². The van der Waals surface area contributed by atoms with Crippen molar-refractivity contribution in [3.8, 4) is 0 Å². The van der Waals surface area contributed by atoms with Crippen molar-refractivity contribution in [2.75, 3.05) is 11.1 Å². The predicted molar refractivity (Wildman–Crippen MR) is 135 cm³/mol. The molecule has 2 heterocycles. The first-order chi connectivity index (χ1) is 15.8. The molecule has 0 saturated carbocycles. The van der Waals surface area contributed by atoms with Gasteiger partial charge < -0.3 is 14.8 Å². The second-order valence-corrected chi connectivity index (χ2v) is 10.00. The van der Waals surface area contributed by atoms with Crippen molar-refractivity contribution in [3.63, 3.8) is 0 Å². The fourth-order valence-electron chi connectivity index (χ4n) is 4.63. The maximum Gasteiger partial charge on any atom is 0.243 e. The van der Waals surface area contributed by atoms with Crippen LogP contribution in [0.1, 0.15) is 44.2 Å². The van der Waals surface area contributed by atoms with Crippen molar-refractivity contribution < 1.29 is 9.59 Å². The topological polar surface area (TPSA) is 67.2 Å². The summed E-state index contributed by atoms with van der Waals surface area (Å²) in [6.07, 6.45) is 3.25. The molecule has 7 heteroatoms. The van der Waals surface area contributed by atoms with E-state index in [1.54, 1.807) is 0 Å². The Labute approximate surface area is 199 Å². The van der Waals surface area contributed by atoms with Crippen molar-refractivity contribution in [1.82, 2.24) is 14.5 Å². The first-order valence-corrected chi connectivity index (χ1v) is 12.6. The zero-order valence-corrected chi connectivity index (χ0v) is 20.6. The molecule has 0 aliphatic carbocycles. The highest BCUT2D eigenvalue weighted by Crippen LogP contribution is 2.27. The molecule has 6 nitrogen and oxygen atoms in total. The monoisotopic (exact) mass is 464 g/mol. The number of imidazole rings is 1. The van der Waals surface area contributed by atoms with E-state index in [1.165, 1.54) is 11.8 Å². The van der Waals surface area contributed by atoms with E-state index in [4.69, 9.17) is 4.98 Å². The molecule has 1 aliphatic rings. The molecule has 1 aliphatic heterocycles. The number of rotatable bonds is 6. The minimum Gasteiger partial charge on any atom is -0.336 e. The van der Waals surface area contributed by atoms with Crippen LogP contribution in [0.2, 0.25) is 0 Å². The number of hydrogen-bond donors (Lipinski definition) is 1. The zero-order chi connectivity index (χ0) is 23.5. The Morgan fingerprint density at radius 2 is 1.82 bits per heavy atom. The van der Waals surface area contributed by atoms with E-state index in [9.17, 15) is 9.59 Å². The summed E-state index contributed by atoms with van der Waals surface area (Å²) < 4.78 is 1.96. The van der Waals surface area contributed by atoms with Crippen LogP contribution in [-0.2, 0) is 16.1 Å². The Hall–Kier alpha value is -2.80. The Kier molecular flexibility index (Phi) is 7.08. The van der Waals surface area contributed by atoms with Gasteiger partial charge in [-0.15, -0.1) is 0 Å². The summed E-state index contributed by atoms with van der Waals surface area (Å²) in [4.78, 5) is 32.8. The van der Waals surface area contributed by atoms with Gasteiger partial charge in [0.05, 0.1) is 16.8 Å². The molecule has 1 N–H and O–H groups in total. The van der Waals surface area contributed by atoms with E-state index < -0.39 is 0 Å². The maximum atomic E-state index is 13.3. The number of amides is 2. The van der Waals surface area contributed by atoms with E-state index in [1.807, 2.05) is 65.8 Å². The zero-order valence-electron chi connectivity index (χ0n) is 19.8. The maximum absolute atomic E-state index is 13.3. The number of nitrogens with one attached hydrogen (secondary N) is 1. The molecule has 2 atom stereocenters. The number of thioether (sulfide) groups is 1. The van der Waals surface area contributed by atoms with Crippen molar-refractivity contribution in [3.05, 3.63) is 53.6 Å². The summed E-state index contributed by atoms with van der Waals surface area (Å²) in [5.74, 6) is 0.248. The molecule has 2 amide bonds. The third-order valence-corrected chi connectivity index (χ3v) is 7.37. The Morgan fingerprint density at radius 3 is 2.58 bits per heavy atom. The second kappa shape index (κ2) is 10.00. The lowest BCUT2D eigenvalue weighted by Crippen LogP contribution is -2.48. The average Bonchev–Trinajstić information content (AvgIpc) is 3.12. The molecule has 174 valence electrons. The van der Waals surface area contributed by atoms with Crippen molar-refractivity contribution in [1.29, 1.82) is 0 Å². The molecule has 2 unspecified atom stereocenters. The van der Waals surface area contributed by atoms with Crippen molar-refractivity contribution in [2.45, 2.75) is 70.7 Å². The smallest absolute Gasteiger partial charge is 0.243 e. The highest BCUT2D eigenvalue weighted by molar-refractivity contribution is 7.99. The number of likely N-dealkylation sites (tertiary alicyclic amines) is 1. The number of nitrogens with zero attached hydrogens (tertiary/aromatic N) is 3. The molecule has 0 bridgehead atoms. The summed E-state index contributed by atoms with van der Waals surface area (Å²) in [7, 11) is 0. The van der Waals surface area contributed by atoms with Crippen LogP contribution >= 0.6 is 11.8 Å². The Balaban J connectivity index is 1.52. The summed E-state index contributed by atoms with van der Waals surface area (Å²) in [5.41, 5.74) is 4.71. The van der Waals surface area contributed by atoms with Gasteiger partial charge in [0.2, 0.25) is 11.8 Å². The van der Waals surface area contributed by atoms with Gasteiger partial charge in [-0.05, 0) is 76.3 Å². The minimum atomic E-state index is -0.0862. The van der Waals surface area contributed by atoms with Crippen LogP contribution in [0.25, 0.3) is 11.0 Å². The number of aryl methyl sites for hydroxylation is 2. The second-order valence-electron chi connectivity index (χ2n) is 9.05. The number of hydrogen-bond acceptors (Lipinski definition) is 4. The van der Waals surface area contributed by atoms with Crippen LogP contribution in [0.15, 0.2) is 47.6 Å². The third kappa shape index (κ3) is 5.24. The lowest BCUT2D eigenvalue weighted by atomic mass is 9.97. The van der Waals surface area contributed by atoms with E-state index in [0.717, 1.165) is 47.1 Å². The fourth-order valence-corrected chi connectivity index (χ4v) is 5.45. The van der Waals surface area contributed by atoms with Gasteiger partial charge in [-0.1, -0.05) is 36.0 Å². The summed E-state index contributed by atoms with van der Waals surface area (Å²) in [6.45, 7) is 8.49. The van der Waals surface area contributed by atoms with E-state index in [2.05, 4.69) is 19.2 Å². The fraction of sp³-hybridized carbons (Fsp3) is 0.423. The lowest BCUT2D eigenvalue weighted by molar-refractivity contribution is -0.138. The standard InChI is InChI=1S/C26H32N4O2S/c1-17-12-13-18(2)22(14-17)27-24(31)16-33-26-28-21-10-5-6-11-23(21)29(26)15-25(32)30-19(3)8-7-9-20(30)4/h5-6,10-14,19-20H,7-9,15-16H2,1-4H3,(H,27,31). The molecule has 2 aromatic carbocycles. The van der Waals surface area contributed by atoms with Gasteiger partial charge in [0.15, 0.2) is 5.16 Å². The van der Waals surface area contributed by atoms with Gasteiger partial charge in [-0.3, -0.25) is 9.59 Å². The van der Waals surface area contributed by atoms with Crippen LogP contribution in [-0.4, -0.2) is 44.1 Å². The number of piperidine rings is 1. The van der Waals surface area contributed by atoms with Crippen LogP contribution < -0.4 is 5.32 Å². The van der Waals surface area contributed by atoms with Gasteiger partial charge in [0.1, 0.15) is 6.54 Å². The normalized spacial score (nSPS) is 18.5. The third-order valence-electron chi connectivity index (χ3n) is 6.39. The molecule has 4 rings (SSSR count). The van der Waals surface area contributed by atoms with Gasteiger partial charge >= 0.3 is 0 Å². The van der Waals surface area contributed by atoms with Crippen molar-refractivity contribution >= 4 is 40.3 Å². The van der Waals surface area contributed by atoms with Gasteiger partial charge in [0.25, 0.3) is 0 Å². The number of para-hydroxylation sites is 2. The number of carbonyl (C=O) groups is 2. The van der Waals surface area contributed by atoms with Crippen LogP contribution in [0.5, 0.6) is 0 Å². The van der Waals surface area contributed by atoms with Crippen molar-refractivity contribution in [2.24, 2.45) is 0 Å². The van der Waals surface area contributed by atoms with Crippen LogP contribution in [0.4, 0.5) is 5.69 Å². The SMILES string of the molecule is Cc1ccc(C)c(NC(=O)CSc2nc3ccccc3n2CC(=O)N2C(C)CCCC2C)c1. The minimum absolute atomic E-state index is 0.0862. The molecule has 1 aromatic heterocycles. The first kappa shape index (κ1) is 23.4. The molecular formula is C26H32N4O2S. The highest BCUT2D eigenvalue weighted by atomic mass is 32.2. The quantitative estimate of drug-likeness (QED) is 0.511. The van der Waals surface area contributed by atoms with Crippen LogP contribution in [0.3, 0.4) is 0 Å². The Morgan fingerprint density at radius 1 is 1.09 bits per heavy atom. The number of fused-ring (bicyclic) bond motifs is 1. The van der Waals surface area contributed by atoms with Crippen LogP contribution in [0, 0.1) is 13.8 Å².